The molecular formula is C16H15Cl2NO2. The molecule has 0 radical (unpaired) electrons. The van der Waals surface area contributed by atoms with Gasteiger partial charge in [0, 0.05) is 5.69 Å². The molecule has 2 aromatic carbocycles. The smallest absolute Gasteiger partial charge is 0.265 e. The quantitative estimate of drug-likeness (QED) is 0.885. The van der Waals surface area contributed by atoms with Gasteiger partial charge >= 0.3 is 0 Å². The normalized spacial score (nSPS) is 11.8. The number of aryl methyl sites for hydroxylation is 1. The summed E-state index contributed by atoms with van der Waals surface area (Å²) in [7, 11) is 0. The highest BCUT2D eigenvalue weighted by Gasteiger charge is 2.17. The van der Waals surface area contributed by atoms with E-state index in [0.29, 0.717) is 15.8 Å². The largest absolute Gasteiger partial charge is 0.479 e. The molecule has 0 aromatic heterocycles. The van der Waals surface area contributed by atoms with Gasteiger partial charge in [-0.25, -0.2) is 0 Å². The molecule has 0 aliphatic heterocycles. The fraction of sp³-hybridized carbons (Fsp3) is 0.188. The molecule has 0 aliphatic carbocycles. The number of carbonyl (C=O) groups excluding carboxylic acids is 1. The number of anilines is 1. The number of benzene rings is 2. The Labute approximate surface area is 133 Å². The summed E-state index contributed by atoms with van der Waals surface area (Å²) in [4.78, 5) is 12.1. The molecular weight excluding hydrogens is 309 g/mol. The first-order valence-corrected chi connectivity index (χ1v) is 7.21. The number of nitrogens with one attached hydrogen (secondary N) is 1. The molecule has 0 unspecified atom stereocenters. The SMILES string of the molecule is Cc1ccc(NC(=O)[C@H](C)Oc2cccc(Cl)c2Cl)cc1. The zero-order chi connectivity index (χ0) is 15.4. The zero-order valence-electron chi connectivity index (χ0n) is 11.7. The van der Waals surface area contributed by atoms with Crippen molar-refractivity contribution in [1.82, 2.24) is 0 Å². The van der Waals surface area contributed by atoms with Crippen molar-refractivity contribution < 1.29 is 9.53 Å². The van der Waals surface area contributed by atoms with E-state index in [1.54, 1.807) is 25.1 Å². The summed E-state index contributed by atoms with van der Waals surface area (Å²) in [5.74, 6) is 0.130. The predicted octanol–water partition coefficient (Wildman–Crippen LogP) is 4.71. The number of halogens is 2. The molecule has 0 saturated heterocycles. The van der Waals surface area contributed by atoms with E-state index < -0.39 is 6.10 Å². The second-order valence-electron chi connectivity index (χ2n) is 4.67. The topological polar surface area (TPSA) is 38.3 Å². The molecule has 1 amide bonds. The lowest BCUT2D eigenvalue weighted by molar-refractivity contribution is -0.122. The molecule has 110 valence electrons. The van der Waals surface area contributed by atoms with Crippen LogP contribution in [0, 0.1) is 6.92 Å². The van der Waals surface area contributed by atoms with Gasteiger partial charge in [0.05, 0.1) is 5.02 Å². The lowest BCUT2D eigenvalue weighted by Crippen LogP contribution is -2.30. The second kappa shape index (κ2) is 6.83. The summed E-state index contributed by atoms with van der Waals surface area (Å²) in [6.45, 7) is 3.64. The Balaban J connectivity index is 2.02. The van der Waals surface area contributed by atoms with Crippen molar-refractivity contribution in [2.45, 2.75) is 20.0 Å². The average molecular weight is 324 g/mol. The van der Waals surface area contributed by atoms with E-state index in [0.717, 1.165) is 11.3 Å². The van der Waals surface area contributed by atoms with Gasteiger partial charge in [-0.2, -0.15) is 0 Å². The summed E-state index contributed by atoms with van der Waals surface area (Å²) in [6, 6.07) is 12.6. The maximum atomic E-state index is 12.1. The van der Waals surface area contributed by atoms with Gasteiger partial charge in [0.15, 0.2) is 6.10 Å². The predicted molar refractivity (Wildman–Crippen MR) is 86.4 cm³/mol. The molecule has 0 bridgehead atoms. The van der Waals surface area contributed by atoms with Crippen molar-refractivity contribution in [2.75, 3.05) is 5.32 Å². The van der Waals surface area contributed by atoms with Gasteiger partial charge in [-0.3, -0.25) is 4.79 Å². The molecule has 0 spiro atoms. The third-order valence-electron chi connectivity index (χ3n) is 2.91. The van der Waals surface area contributed by atoms with Gasteiger partial charge in [-0.15, -0.1) is 0 Å². The molecule has 3 nitrogen and oxygen atoms in total. The van der Waals surface area contributed by atoms with Gasteiger partial charge in [0.1, 0.15) is 10.8 Å². The fourth-order valence-corrected chi connectivity index (χ4v) is 2.04. The van der Waals surface area contributed by atoms with Crippen LogP contribution in [0.2, 0.25) is 10.0 Å². The van der Waals surface area contributed by atoms with Crippen LogP contribution in [0.15, 0.2) is 42.5 Å². The summed E-state index contributed by atoms with van der Waals surface area (Å²) in [6.07, 6.45) is -0.692. The monoisotopic (exact) mass is 323 g/mol. The third kappa shape index (κ3) is 4.13. The molecule has 1 atom stereocenters. The van der Waals surface area contributed by atoms with E-state index >= 15 is 0 Å². The van der Waals surface area contributed by atoms with E-state index in [2.05, 4.69) is 5.32 Å². The minimum Gasteiger partial charge on any atom is -0.479 e. The van der Waals surface area contributed by atoms with E-state index in [-0.39, 0.29) is 5.91 Å². The number of carbonyl (C=O) groups is 1. The van der Waals surface area contributed by atoms with Crippen LogP contribution in [-0.2, 0) is 4.79 Å². The van der Waals surface area contributed by atoms with Crippen LogP contribution < -0.4 is 10.1 Å². The number of ether oxygens (including phenoxy) is 1. The number of amides is 1. The number of hydrogen-bond acceptors (Lipinski definition) is 2. The van der Waals surface area contributed by atoms with Crippen molar-refractivity contribution in [3.63, 3.8) is 0 Å². The van der Waals surface area contributed by atoms with Crippen LogP contribution in [0.25, 0.3) is 0 Å². The molecule has 0 saturated carbocycles. The molecule has 5 heteroatoms. The highest BCUT2D eigenvalue weighted by Crippen LogP contribution is 2.32. The molecule has 0 aliphatic rings. The van der Waals surface area contributed by atoms with E-state index in [4.69, 9.17) is 27.9 Å². The van der Waals surface area contributed by atoms with Crippen LogP contribution in [0.1, 0.15) is 12.5 Å². The molecule has 2 rings (SSSR count). The van der Waals surface area contributed by atoms with Crippen molar-refractivity contribution in [3.8, 4) is 5.75 Å². The Kier molecular flexibility index (Phi) is 5.10. The van der Waals surface area contributed by atoms with Crippen molar-refractivity contribution in [1.29, 1.82) is 0 Å². The summed E-state index contributed by atoms with van der Waals surface area (Å²) in [5.41, 5.74) is 1.85. The van der Waals surface area contributed by atoms with Gasteiger partial charge in [-0.1, -0.05) is 47.0 Å². The van der Waals surface area contributed by atoms with E-state index in [1.165, 1.54) is 0 Å². The molecule has 0 fully saturated rings. The molecule has 0 heterocycles. The highest BCUT2D eigenvalue weighted by molar-refractivity contribution is 6.42. The minimum atomic E-state index is -0.692. The Bertz CT molecular complexity index is 641. The van der Waals surface area contributed by atoms with Crippen LogP contribution >= 0.6 is 23.2 Å². The molecule has 21 heavy (non-hydrogen) atoms. The minimum absolute atomic E-state index is 0.255. The first-order valence-electron chi connectivity index (χ1n) is 6.45. The highest BCUT2D eigenvalue weighted by atomic mass is 35.5. The van der Waals surface area contributed by atoms with Crippen LogP contribution in [0.5, 0.6) is 5.75 Å². The average Bonchev–Trinajstić information content (AvgIpc) is 2.46. The standard InChI is InChI=1S/C16H15Cl2NO2/c1-10-6-8-12(9-7-10)19-16(20)11(2)21-14-5-3-4-13(17)15(14)18/h3-9,11H,1-2H3,(H,19,20)/t11-/m0/s1. The summed E-state index contributed by atoms with van der Waals surface area (Å²) in [5, 5.41) is 3.47. The van der Waals surface area contributed by atoms with Gasteiger partial charge in [0.2, 0.25) is 0 Å². The number of hydrogen-bond donors (Lipinski definition) is 1. The summed E-state index contributed by atoms with van der Waals surface area (Å²) >= 11 is 11.9. The van der Waals surface area contributed by atoms with E-state index in [1.807, 2.05) is 31.2 Å². The van der Waals surface area contributed by atoms with Crippen molar-refractivity contribution in [2.24, 2.45) is 0 Å². The van der Waals surface area contributed by atoms with Crippen LogP contribution in [0.4, 0.5) is 5.69 Å². The molecule has 2 aromatic rings. The third-order valence-corrected chi connectivity index (χ3v) is 3.71. The lowest BCUT2D eigenvalue weighted by Gasteiger charge is -2.16. The zero-order valence-corrected chi connectivity index (χ0v) is 13.2. The van der Waals surface area contributed by atoms with Crippen molar-refractivity contribution in [3.05, 3.63) is 58.1 Å². The van der Waals surface area contributed by atoms with Gasteiger partial charge < -0.3 is 10.1 Å². The van der Waals surface area contributed by atoms with E-state index in [9.17, 15) is 4.79 Å². The fourth-order valence-electron chi connectivity index (χ4n) is 1.70. The Hall–Kier alpha value is -1.71. The van der Waals surface area contributed by atoms with Crippen molar-refractivity contribution >= 4 is 34.8 Å². The first-order chi connectivity index (χ1) is 9.97. The maximum absolute atomic E-state index is 12.1. The molecule has 1 N–H and O–H groups in total. The maximum Gasteiger partial charge on any atom is 0.265 e. The Morgan fingerprint density at radius 1 is 1.14 bits per heavy atom. The Morgan fingerprint density at radius 3 is 2.48 bits per heavy atom. The first kappa shape index (κ1) is 15.7. The summed E-state index contributed by atoms with van der Waals surface area (Å²) < 4.78 is 5.56. The second-order valence-corrected chi connectivity index (χ2v) is 5.45. The van der Waals surface area contributed by atoms with Crippen LogP contribution in [0.3, 0.4) is 0 Å². The van der Waals surface area contributed by atoms with Gasteiger partial charge in [0.25, 0.3) is 5.91 Å². The lowest BCUT2D eigenvalue weighted by atomic mass is 10.2. The van der Waals surface area contributed by atoms with Crippen LogP contribution in [-0.4, -0.2) is 12.0 Å². The Morgan fingerprint density at radius 2 is 1.81 bits per heavy atom. The van der Waals surface area contributed by atoms with Gasteiger partial charge in [-0.05, 0) is 38.1 Å². The number of rotatable bonds is 4.